The van der Waals surface area contributed by atoms with Crippen molar-refractivity contribution >= 4 is 51.9 Å². The maximum Gasteiger partial charge on any atom is 0.266 e. The Labute approximate surface area is 205 Å². The van der Waals surface area contributed by atoms with Crippen LogP contribution in [0.3, 0.4) is 0 Å². The highest BCUT2D eigenvalue weighted by Gasteiger charge is 2.36. The molecule has 0 spiro atoms. The molecule has 5 nitrogen and oxygen atoms in total. The first-order valence-electron chi connectivity index (χ1n) is 11.1. The maximum atomic E-state index is 13.3. The number of rotatable bonds is 5. The number of fused-ring (bicyclic) bond motifs is 1. The summed E-state index contributed by atoms with van der Waals surface area (Å²) >= 11 is 8.10. The number of halogens is 1. The van der Waals surface area contributed by atoms with E-state index >= 15 is 0 Å². The Kier molecular flexibility index (Phi) is 6.89. The number of amidine groups is 1. The largest absolute Gasteiger partial charge is 0.383 e. The second-order valence-corrected chi connectivity index (χ2v) is 10.6. The summed E-state index contributed by atoms with van der Waals surface area (Å²) in [6.45, 7) is 7.65. The molecule has 0 aromatic heterocycles. The first-order valence-corrected chi connectivity index (χ1v) is 12.3. The zero-order valence-corrected chi connectivity index (χ0v) is 21.3. The number of benzene rings is 2. The van der Waals surface area contributed by atoms with Gasteiger partial charge in [-0.25, -0.2) is 4.99 Å². The van der Waals surface area contributed by atoms with Crippen molar-refractivity contribution in [1.29, 1.82) is 0 Å². The van der Waals surface area contributed by atoms with Crippen LogP contribution in [0.5, 0.6) is 0 Å². The van der Waals surface area contributed by atoms with E-state index in [0.29, 0.717) is 34.2 Å². The number of carbonyl (C=O) groups is 1. The molecule has 0 aliphatic carbocycles. The fraction of sp³-hybridized carbons (Fsp3) is 0.385. The van der Waals surface area contributed by atoms with Crippen molar-refractivity contribution in [2.45, 2.75) is 38.6 Å². The highest BCUT2D eigenvalue weighted by atomic mass is 35.5. The van der Waals surface area contributed by atoms with E-state index in [1.165, 1.54) is 17.3 Å². The smallest absolute Gasteiger partial charge is 0.266 e. The Hall–Kier alpha value is -2.28. The summed E-state index contributed by atoms with van der Waals surface area (Å²) in [6, 6.07) is 13.8. The van der Waals surface area contributed by atoms with E-state index in [2.05, 4.69) is 38.8 Å². The zero-order chi connectivity index (χ0) is 23.8. The predicted molar refractivity (Wildman–Crippen MR) is 140 cm³/mol. The van der Waals surface area contributed by atoms with Crippen molar-refractivity contribution < 1.29 is 9.53 Å². The Bertz CT molecular complexity index is 1110. The fourth-order valence-electron chi connectivity index (χ4n) is 4.44. The molecule has 0 unspecified atom stereocenters. The SMILES string of the molecule is COCCN1C(=O)/C(=C/c2cc3c(cc2Cl)N(C)C(C)(C)C[C@@H]3C)SC1=Nc1ccccc1. The lowest BCUT2D eigenvalue weighted by Gasteiger charge is -2.45. The first-order chi connectivity index (χ1) is 15.7. The molecule has 0 bridgehead atoms. The predicted octanol–water partition coefficient (Wildman–Crippen LogP) is 6.31. The van der Waals surface area contributed by atoms with Crippen LogP contribution < -0.4 is 4.90 Å². The van der Waals surface area contributed by atoms with Crippen LogP contribution in [0, 0.1) is 0 Å². The van der Waals surface area contributed by atoms with Crippen LogP contribution in [-0.2, 0) is 9.53 Å². The zero-order valence-electron chi connectivity index (χ0n) is 19.8. The summed E-state index contributed by atoms with van der Waals surface area (Å²) in [4.78, 5) is 22.6. The van der Waals surface area contributed by atoms with Crippen molar-refractivity contribution in [3.05, 3.63) is 63.5 Å². The van der Waals surface area contributed by atoms with Gasteiger partial charge in [-0.05, 0) is 79.4 Å². The first kappa shape index (κ1) is 23.9. The van der Waals surface area contributed by atoms with E-state index in [4.69, 9.17) is 21.3 Å². The third-order valence-corrected chi connectivity index (χ3v) is 7.76. The number of thioether (sulfide) groups is 1. The second-order valence-electron chi connectivity index (χ2n) is 9.20. The number of methoxy groups -OCH3 is 1. The minimum atomic E-state index is -0.0770. The molecule has 174 valence electrons. The van der Waals surface area contributed by atoms with E-state index < -0.39 is 0 Å². The lowest BCUT2D eigenvalue weighted by molar-refractivity contribution is -0.122. The van der Waals surface area contributed by atoms with Gasteiger partial charge in [0.15, 0.2) is 5.17 Å². The molecule has 2 aromatic rings. The molecule has 4 rings (SSSR count). The second kappa shape index (κ2) is 9.53. The molecule has 0 N–H and O–H groups in total. The minimum absolute atomic E-state index is 0.0671. The molecule has 2 heterocycles. The summed E-state index contributed by atoms with van der Waals surface area (Å²) in [5, 5.41) is 1.29. The molecule has 1 fully saturated rings. The van der Waals surface area contributed by atoms with E-state index in [1.54, 1.807) is 12.0 Å². The number of hydrogen-bond acceptors (Lipinski definition) is 5. The third kappa shape index (κ3) is 4.84. The van der Waals surface area contributed by atoms with Crippen molar-refractivity contribution in [3.63, 3.8) is 0 Å². The van der Waals surface area contributed by atoms with E-state index in [1.807, 2.05) is 42.5 Å². The van der Waals surface area contributed by atoms with Crippen LogP contribution in [0.1, 0.15) is 44.2 Å². The number of carbonyl (C=O) groups excluding carboxylic acids is 1. The number of para-hydroxylation sites is 1. The highest BCUT2D eigenvalue weighted by molar-refractivity contribution is 8.18. The Morgan fingerprint density at radius 3 is 2.70 bits per heavy atom. The van der Waals surface area contributed by atoms with Crippen LogP contribution in [0.15, 0.2) is 52.4 Å². The number of amides is 1. The van der Waals surface area contributed by atoms with Crippen LogP contribution in [0.25, 0.3) is 6.08 Å². The third-order valence-electron chi connectivity index (χ3n) is 6.43. The summed E-state index contributed by atoms with van der Waals surface area (Å²) in [5.41, 5.74) is 4.15. The van der Waals surface area contributed by atoms with Gasteiger partial charge in [0.05, 0.1) is 23.7 Å². The van der Waals surface area contributed by atoms with Crippen molar-refractivity contribution in [1.82, 2.24) is 4.90 Å². The fourth-order valence-corrected chi connectivity index (χ4v) is 5.67. The summed E-state index contributed by atoms with van der Waals surface area (Å²) in [6.07, 6.45) is 2.95. The van der Waals surface area contributed by atoms with Gasteiger partial charge in [-0.1, -0.05) is 36.7 Å². The van der Waals surface area contributed by atoms with Gasteiger partial charge in [-0.15, -0.1) is 0 Å². The normalized spacial score (nSPS) is 22.4. The van der Waals surface area contributed by atoms with Crippen molar-refractivity contribution in [2.24, 2.45) is 4.99 Å². The Balaban J connectivity index is 1.71. The molecule has 1 saturated heterocycles. The van der Waals surface area contributed by atoms with Gasteiger partial charge in [0, 0.05) is 30.4 Å². The molecule has 1 amide bonds. The Morgan fingerprint density at radius 1 is 1.27 bits per heavy atom. The van der Waals surface area contributed by atoms with Gasteiger partial charge in [0.25, 0.3) is 5.91 Å². The lowest BCUT2D eigenvalue weighted by atomic mass is 9.80. The van der Waals surface area contributed by atoms with Crippen LogP contribution in [0.2, 0.25) is 5.02 Å². The maximum absolute atomic E-state index is 13.3. The average Bonchev–Trinajstić information content (AvgIpc) is 3.06. The van der Waals surface area contributed by atoms with E-state index in [-0.39, 0.29) is 11.4 Å². The molecular formula is C26H30ClN3O2S. The average molecular weight is 484 g/mol. The molecule has 0 saturated carbocycles. The number of anilines is 1. The van der Waals surface area contributed by atoms with Gasteiger partial charge in [0.1, 0.15) is 0 Å². The number of aliphatic imine (C=N–C) groups is 1. The van der Waals surface area contributed by atoms with Crippen molar-refractivity contribution in [2.75, 3.05) is 32.2 Å². The summed E-state index contributed by atoms with van der Waals surface area (Å²) < 4.78 is 5.22. The molecule has 7 heteroatoms. The van der Waals surface area contributed by atoms with Gasteiger partial charge in [0.2, 0.25) is 0 Å². The standard InChI is InChI=1S/C26H30ClN3O2S/c1-17-16-26(2,3)29(4)22-15-21(27)18(13-20(17)22)14-23-24(31)30(11-12-32-5)25(33-23)28-19-9-7-6-8-10-19/h6-10,13-15,17H,11-12,16H2,1-5H3/b23-14-,28-25?/t17-/m0/s1. The summed E-state index contributed by atoms with van der Waals surface area (Å²) in [7, 11) is 3.75. The topological polar surface area (TPSA) is 45.1 Å². The molecule has 2 aliphatic heterocycles. The highest BCUT2D eigenvalue weighted by Crippen LogP contribution is 2.45. The van der Waals surface area contributed by atoms with Gasteiger partial charge in [-0.2, -0.15) is 0 Å². The minimum Gasteiger partial charge on any atom is -0.383 e. The molecule has 2 aliphatic rings. The molecule has 33 heavy (non-hydrogen) atoms. The molecule has 1 atom stereocenters. The number of hydrogen-bond donors (Lipinski definition) is 0. The van der Waals surface area contributed by atoms with E-state index in [0.717, 1.165) is 23.4 Å². The monoisotopic (exact) mass is 483 g/mol. The Morgan fingerprint density at radius 2 is 2.00 bits per heavy atom. The van der Waals surface area contributed by atoms with E-state index in [9.17, 15) is 4.79 Å². The van der Waals surface area contributed by atoms with Crippen LogP contribution >= 0.6 is 23.4 Å². The molecular weight excluding hydrogens is 454 g/mol. The van der Waals surface area contributed by atoms with Gasteiger partial charge < -0.3 is 9.64 Å². The van der Waals surface area contributed by atoms with Crippen LogP contribution in [0.4, 0.5) is 11.4 Å². The number of ether oxygens (including phenoxy) is 1. The lowest BCUT2D eigenvalue weighted by Crippen LogP contribution is -2.45. The van der Waals surface area contributed by atoms with Gasteiger partial charge in [-0.3, -0.25) is 9.69 Å². The summed E-state index contributed by atoms with van der Waals surface area (Å²) in [5.74, 6) is 0.327. The molecule has 0 radical (unpaired) electrons. The van der Waals surface area contributed by atoms with Crippen molar-refractivity contribution in [3.8, 4) is 0 Å². The van der Waals surface area contributed by atoms with Crippen LogP contribution in [-0.4, -0.2) is 48.8 Å². The van der Waals surface area contributed by atoms with Gasteiger partial charge >= 0.3 is 0 Å². The number of nitrogens with zero attached hydrogens (tertiary/aromatic N) is 3. The molecule has 2 aromatic carbocycles. The quantitative estimate of drug-likeness (QED) is 0.467.